The van der Waals surface area contributed by atoms with Crippen LogP contribution in [0.3, 0.4) is 0 Å². The largest absolute Gasteiger partial charge is 0.478 e. The lowest BCUT2D eigenvalue weighted by Gasteiger charge is -2.31. The van der Waals surface area contributed by atoms with E-state index in [-0.39, 0.29) is 18.4 Å². The van der Waals surface area contributed by atoms with E-state index in [9.17, 15) is 14.4 Å². The van der Waals surface area contributed by atoms with Crippen LogP contribution < -0.4 is 5.32 Å². The molecule has 2 N–H and O–H groups in total. The summed E-state index contributed by atoms with van der Waals surface area (Å²) in [5.74, 6) is -1.73. The number of carboxylic acid groups (broad SMARTS) is 1. The van der Waals surface area contributed by atoms with Crippen molar-refractivity contribution in [2.45, 2.75) is 19.9 Å². The molecule has 1 rings (SSSR count). The molecule has 1 aliphatic heterocycles. The number of amides is 2. The Morgan fingerprint density at radius 2 is 2.25 bits per heavy atom. The Morgan fingerprint density at radius 1 is 1.62 bits per heavy atom. The first-order valence-electron chi connectivity index (χ1n) is 4.88. The standard InChI is InChI=1S/C10H14N2O4/c1-6(3-9(14)15)4-12-5-8(13)11-10(16)7(12)2/h3,7H,4-5H2,1-2H3,(H,14,15)(H,11,13,16). The highest BCUT2D eigenvalue weighted by Gasteiger charge is 2.29. The van der Waals surface area contributed by atoms with Crippen molar-refractivity contribution in [2.75, 3.05) is 13.1 Å². The molecule has 0 spiro atoms. The number of rotatable bonds is 3. The lowest BCUT2D eigenvalue weighted by atomic mass is 10.1. The Labute approximate surface area is 92.9 Å². The molecule has 0 aromatic carbocycles. The topological polar surface area (TPSA) is 86.7 Å². The van der Waals surface area contributed by atoms with Crippen LogP contribution >= 0.6 is 0 Å². The first-order chi connectivity index (χ1) is 7.40. The second-order valence-corrected chi connectivity index (χ2v) is 3.82. The minimum absolute atomic E-state index is 0.109. The number of carbonyl (C=O) groups is 3. The molecule has 6 heteroatoms. The van der Waals surface area contributed by atoms with Gasteiger partial charge in [-0.15, -0.1) is 0 Å². The quantitative estimate of drug-likeness (QED) is 0.494. The normalized spacial score (nSPS) is 23.1. The average molecular weight is 226 g/mol. The third-order valence-corrected chi connectivity index (χ3v) is 2.36. The molecule has 0 aromatic rings. The van der Waals surface area contributed by atoms with Crippen LogP contribution in [0, 0.1) is 0 Å². The van der Waals surface area contributed by atoms with Crippen molar-refractivity contribution in [1.29, 1.82) is 0 Å². The summed E-state index contributed by atoms with van der Waals surface area (Å²) >= 11 is 0. The molecule has 1 atom stereocenters. The van der Waals surface area contributed by atoms with Crippen molar-refractivity contribution in [3.63, 3.8) is 0 Å². The molecule has 1 fully saturated rings. The van der Waals surface area contributed by atoms with Crippen molar-refractivity contribution in [3.05, 3.63) is 11.6 Å². The third-order valence-electron chi connectivity index (χ3n) is 2.36. The van der Waals surface area contributed by atoms with E-state index >= 15 is 0 Å². The molecule has 1 heterocycles. The molecular weight excluding hydrogens is 212 g/mol. The van der Waals surface area contributed by atoms with E-state index in [0.29, 0.717) is 12.1 Å². The van der Waals surface area contributed by atoms with Gasteiger partial charge in [0.15, 0.2) is 0 Å². The lowest BCUT2D eigenvalue weighted by molar-refractivity contribution is -0.139. The number of carbonyl (C=O) groups excluding carboxylic acids is 2. The molecule has 6 nitrogen and oxygen atoms in total. The summed E-state index contributed by atoms with van der Waals surface area (Å²) in [6.45, 7) is 3.73. The minimum atomic E-state index is -1.03. The fraction of sp³-hybridized carbons (Fsp3) is 0.500. The van der Waals surface area contributed by atoms with Crippen LogP contribution in [0.15, 0.2) is 11.6 Å². The molecule has 16 heavy (non-hydrogen) atoms. The third kappa shape index (κ3) is 3.16. The van der Waals surface area contributed by atoms with Crippen LogP contribution in [-0.2, 0) is 14.4 Å². The monoisotopic (exact) mass is 226 g/mol. The predicted octanol–water partition coefficient (Wildman–Crippen LogP) is -0.636. The zero-order valence-corrected chi connectivity index (χ0v) is 9.19. The van der Waals surface area contributed by atoms with Gasteiger partial charge in [-0.3, -0.25) is 19.8 Å². The number of hydrogen-bond acceptors (Lipinski definition) is 4. The number of hydrogen-bond donors (Lipinski definition) is 2. The summed E-state index contributed by atoms with van der Waals surface area (Å²) in [4.78, 5) is 34.5. The number of aliphatic carboxylic acids is 1. The highest BCUT2D eigenvalue weighted by molar-refractivity contribution is 6.00. The second kappa shape index (κ2) is 4.89. The molecule has 1 aliphatic rings. The first kappa shape index (κ1) is 12.4. The Hall–Kier alpha value is -1.69. The van der Waals surface area contributed by atoms with Crippen molar-refractivity contribution in [3.8, 4) is 0 Å². The summed E-state index contributed by atoms with van der Waals surface area (Å²) in [7, 11) is 0. The van der Waals surface area contributed by atoms with Crippen LogP contribution in [0.5, 0.6) is 0 Å². The van der Waals surface area contributed by atoms with Gasteiger partial charge in [-0.05, 0) is 13.8 Å². The van der Waals surface area contributed by atoms with E-state index in [1.807, 2.05) is 0 Å². The molecule has 88 valence electrons. The van der Waals surface area contributed by atoms with E-state index in [2.05, 4.69) is 5.32 Å². The van der Waals surface area contributed by atoms with Gasteiger partial charge in [0.05, 0.1) is 12.6 Å². The summed E-state index contributed by atoms with van der Waals surface area (Å²) in [5.41, 5.74) is 0.599. The van der Waals surface area contributed by atoms with E-state index in [4.69, 9.17) is 5.11 Å². The maximum atomic E-state index is 11.3. The van der Waals surface area contributed by atoms with Crippen LogP contribution in [0.25, 0.3) is 0 Å². The van der Waals surface area contributed by atoms with Gasteiger partial charge in [0, 0.05) is 12.6 Å². The van der Waals surface area contributed by atoms with E-state index in [1.165, 1.54) is 0 Å². The number of piperazine rings is 1. The van der Waals surface area contributed by atoms with Gasteiger partial charge < -0.3 is 5.11 Å². The van der Waals surface area contributed by atoms with Gasteiger partial charge in [-0.1, -0.05) is 5.57 Å². The zero-order valence-electron chi connectivity index (χ0n) is 9.19. The average Bonchev–Trinajstić information content (AvgIpc) is 2.11. The first-order valence-corrected chi connectivity index (χ1v) is 4.88. The number of nitrogens with one attached hydrogen (secondary N) is 1. The molecule has 1 saturated heterocycles. The molecule has 0 saturated carbocycles. The Kier molecular flexibility index (Phi) is 3.78. The van der Waals surface area contributed by atoms with Gasteiger partial charge in [-0.25, -0.2) is 4.79 Å². The van der Waals surface area contributed by atoms with Gasteiger partial charge in [0.25, 0.3) is 0 Å². The van der Waals surface area contributed by atoms with Gasteiger partial charge in [-0.2, -0.15) is 0 Å². The van der Waals surface area contributed by atoms with Crippen molar-refractivity contribution in [2.24, 2.45) is 0 Å². The Bertz CT molecular complexity index is 362. The zero-order chi connectivity index (χ0) is 12.3. The molecule has 0 bridgehead atoms. The summed E-state index contributed by atoms with van der Waals surface area (Å²) < 4.78 is 0. The smallest absolute Gasteiger partial charge is 0.328 e. The van der Waals surface area contributed by atoms with Crippen LogP contribution in [0.4, 0.5) is 0 Å². The van der Waals surface area contributed by atoms with Gasteiger partial charge in [0.2, 0.25) is 11.8 Å². The molecule has 0 radical (unpaired) electrons. The second-order valence-electron chi connectivity index (χ2n) is 3.82. The fourth-order valence-corrected chi connectivity index (χ4v) is 1.54. The molecule has 0 aliphatic carbocycles. The molecule has 0 aromatic heterocycles. The molecule has 1 unspecified atom stereocenters. The van der Waals surface area contributed by atoms with Crippen LogP contribution in [-0.4, -0.2) is 46.9 Å². The van der Waals surface area contributed by atoms with Gasteiger partial charge in [0.1, 0.15) is 0 Å². The van der Waals surface area contributed by atoms with Crippen molar-refractivity contribution in [1.82, 2.24) is 10.2 Å². The summed E-state index contributed by atoms with van der Waals surface area (Å²) in [6.07, 6.45) is 1.07. The van der Waals surface area contributed by atoms with Crippen LogP contribution in [0.2, 0.25) is 0 Å². The van der Waals surface area contributed by atoms with Gasteiger partial charge >= 0.3 is 5.97 Å². The summed E-state index contributed by atoms with van der Waals surface area (Å²) in [6, 6.07) is -0.421. The van der Waals surface area contributed by atoms with Crippen molar-refractivity contribution < 1.29 is 19.5 Å². The SMILES string of the molecule is CC(=CC(=O)O)CN1CC(=O)NC(=O)C1C. The number of nitrogens with zero attached hydrogens (tertiary/aromatic N) is 1. The van der Waals surface area contributed by atoms with Crippen molar-refractivity contribution >= 4 is 17.8 Å². The maximum absolute atomic E-state index is 11.3. The van der Waals surface area contributed by atoms with E-state index < -0.39 is 12.0 Å². The Balaban J connectivity index is 2.69. The Morgan fingerprint density at radius 3 is 2.81 bits per heavy atom. The predicted molar refractivity (Wildman–Crippen MR) is 55.6 cm³/mol. The highest BCUT2D eigenvalue weighted by Crippen LogP contribution is 2.07. The maximum Gasteiger partial charge on any atom is 0.328 e. The number of imide groups is 1. The molecule has 2 amide bonds. The van der Waals surface area contributed by atoms with E-state index in [1.54, 1.807) is 18.7 Å². The lowest BCUT2D eigenvalue weighted by Crippen LogP contribution is -2.57. The highest BCUT2D eigenvalue weighted by atomic mass is 16.4. The fourth-order valence-electron chi connectivity index (χ4n) is 1.54. The molecular formula is C10H14N2O4. The van der Waals surface area contributed by atoms with Crippen LogP contribution in [0.1, 0.15) is 13.8 Å². The number of carboxylic acids is 1. The van der Waals surface area contributed by atoms with E-state index in [0.717, 1.165) is 6.08 Å². The minimum Gasteiger partial charge on any atom is -0.478 e. The summed E-state index contributed by atoms with van der Waals surface area (Å²) in [5, 5.41) is 10.8.